The van der Waals surface area contributed by atoms with Crippen molar-refractivity contribution in [3.05, 3.63) is 35.8 Å². The molecule has 0 unspecified atom stereocenters. The third-order valence-corrected chi connectivity index (χ3v) is 2.89. The van der Waals surface area contributed by atoms with E-state index in [0.29, 0.717) is 17.0 Å². The Morgan fingerprint density at radius 1 is 1.33 bits per heavy atom. The van der Waals surface area contributed by atoms with Crippen LogP contribution in [-0.4, -0.2) is 5.16 Å². The smallest absolute Gasteiger partial charge is 0.230 e. The number of aryl methyl sites for hydroxylation is 1. The Kier molecular flexibility index (Phi) is 3.65. The quantitative estimate of drug-likeness (QED) is 0.898. The van der Waals surface area contributed by atoms with Gasteiger partial charge in [-0.05, 0) is 24.8 Å². The largest absolute Gasteiger partial charge is 0.367 e. The van der Waals surface area contributed by atoms with Crippen LogP contribution in [0.25, 0.3) is 11.1 Å². The van der Waals surface area contributed by atoms with Gasteiger partial charge in [0.05, 0.1) is 11.3 Å². The minimum absolute atomic E-state index is 0.179. The zero-order valence-electron chi connectivity index (χ0n) is 10.6. The highest BCUT2D eigenvalue weighted by atomic mass is 19.1. The first-order chi connectivity index (χ1) is 8.59. The van der Waals surface area contributed by atoms with Crippen LogP contribution in [0, 0.1) is 11.7 Å². The van der Waals surface area contributed by atoms with Crippen LogP contribution in [0.4, 0.5) is 10.3 Å². The van der Waals surface area contributed by atoms with Crippen LogP contribution in [0.15, 0.2) is 28.8 Å². The number of hydrogen-bond donors (Lipinski definition) is 1. The fraction of sp³-hybridized carbons (Fsp3) is 0.357. The van der Waals surface area contributed by atoms with Crippen LogP contribution < -0.4 is 5.73 Å². The summed E-state index contributed by atoms with van der Waals surface area (Å²) in [5.74, 6) is 0.424. The lowest BCUT2D eigenvalue weighted by Crippen LogP contribution is -1.96. The van der Waals surface area contributed by atoms with Crippen molar-refractivity contribution >= 4 is 5.88 Å². The maximum Gasteiger partial charge on any atom is 0.230 e. The molecule has 0 bridgehead atoms. The SMILES string of the molecule is CC(C)CCc1noc(N)c1-c1ccccc1F. The van der Waals surface area contributed by atoms with Crippen LogP contribution in [-0.2, 0) is 6.42 Å². The minimum atomic E-state index is -0.307. The molecule has 0 saturated heterocycles. The summed E-state index contributed by atoms with van der Waals surface area (Å²) >= 11 is 0. The first-order valence-electron chi connectivity index (χ1n) is 6.08. The van der Waals surface area contributed by atoms with E-state index in [4.69, 9.17) is 10.3 Å². The number of anilines is 1. The van der Waals surface area contributed by atoms with Gasteiger partial charge in [0.25, 0.3) is 0 Å². The Morgan fingerprint density at radius 2 is 2.06 bits per heavy atom. The van der Waals surface area contributed by atoms with Gasteiger partial charge in [0.2, 0.25) is 5.88 Å². The first-order valence-corrected chi connectivity index (χ1v) is 6.08. The number of aromatic nitrogens is 1. The molecule has 4 heteroatoms. The molecule has 1 aromatic carbocycles. The third-order valence-electron chi connectivity index (χ3n) is 2.89. The minimum Gasteiger partial charge on any atom is -0.367 e. The lowest BCUT2D eigenvalue weighted by molar-refractivity contribution is 0.423. The van der Waals surface area contributed by atoms with Crippen molar-refractivity contribution in [1.82, 2.24) is 5.16 Å². The summed E-state index contributed by atoms with van der Waals surface area (Å²) < 4.78 is 18.8. The fourth-order valence-electron chi connectivity index (χ4n) is 1.89. The average molecular weight is 248 g/mol. The summed E-state index contributed by atoms with van der Waals surface area (Å²) in [4.78, 5) is 0. The number of rotatable bonds is 4. The molecule has 0 aliphatic carbocycles. The summed E-state index contributed by atoms with van der Waals surface area (Å²) in [6, 6.07) is 6.53. The van der Waals surface area contributed by atoms with Crippen molar-refractivity contribution in [2.24, 2.45) is 5.92 Å². The molecule has 2 rings (SSSR count). The van der Waals surface area contributed by atoms with E-state index < -0.39 is 0 Å². The van der Waals surface area contributed by atoms with Crippen molar-refractivity contribution in [3.63, 3.8) is 0 Å². The molecule has 18 heavy (non-hydrogen) atoms. The molecule has 0 saturated carbocycles. The summed E-state index contributed by atoms with van der Waals surface area (Å²) in [5.41, 5.74) is 7.53. The van der Waals surface area contributed by atoms with Crippen LogP contribution in [0.3, 0.4) is 0 Å². The van der Waals surface area contributed by atoms with Gasteiger partial charge in [0.1, 0.15) is 5.82 Å². The molecule has 2 aromatic rings. The van der Waals surface area contributed by atoms with Gasteiger partial charge in [0, 0.05) is 5.56 Å². The monoisotopic (exact) mass is 248 g/mol. The molecule has 0 aliphatic rings. The standard InChI is InChI=1S/C14H17FN2O/c1-9(2)7-8-12-13(14(16)18-17-12)10-5-3-4-6-11(10)15/h3-6,9H,7-8,16H2,1-2H3. The highest BCUT2D eigenvalue weighted by Crippen LogP contribution is 2.32. The van der Waals surface area contributed by atoms with E-state index >= 15 is 0 Å². The number of benzene rings is 1. The van der Waals surface area contributed by atoms with Gasteiger partial charge >= 0.3 is 0 Å². The molecule has 2 N–H and O–H groups in total. The van der Waals surface area contributed by atoms with Gasteiger partial charge in [0.15, 0.2) is 0 Å². The molecule has 96 valence electrons. The van der Waals surface area contributed by atoms with Gasteiger partial charge in [-0.15, -0.1) is 0 Å². The normalized spacial score (nSPS) is 11.1. The maximum atomic E-state index is 13.8. The van der Waals surface area contributed by atoms with Gasteiger partial charge < -0.3 is 10.3 Å². The fourth-order valence-corrected chi connectivity index (χ4v) is 1.89. The van der Waals surface area contributed by atoms with Gasteiger partial charge in [-0.1, -0.05) is 37.2 Å². The van der Waals surface area contributed by atoms with E-state index in [2.05, 4.69) is 19.0 Å². The Bertz CT molecular complexity index is 534. The van der Waals surface area contributed by atoms with Crippen LogP contribution in [0.5, 0.6) is 0 Å². The predicted octanol–water partition coefficient (Wildman–Crippen LogP) is 3.65. The van der Waals surface area contributed by atoms with E-state index in [1.165, 1.54) is 6.07 Å². The van der Waals surface area contributed by atoms with Crippen molar-refractivity contribution < 1.29 is 8.91 Å². The summed E-state index contributed by atoms with van der Waals surface area (Å²) in [5, 5.41) is 3.94. The summed E-state index contributed by atoms with van der Waals surface area (Å²) in [6.07, 6.45) is 1.70. The van der Waals surface area contributed by atoms with Crippen molar-refractivity contribution in [2.75, 3.05) is 5.73 Å². The van der Waals surface area contributed by atoms with E-state index in [9.17, 15) is 4.39 Å². The number of nitrogens with two attached hydrogens (primary N) is 1. The van der Waals surface area contributed by atoms with E-state index in [-0.39, 0.29) is 11.7 Å². The molecule has 0 aliphatic heterocycles. The molecule has 1 heterocycles. The predicted molar refractivity (Wildman–Crippen MR) is 69.5 cm³/mol. The van der Waals surface area contributed by atoms with E-state index in [1.54, 1.807) is 18.2 Å². The highest BCUT2D eigenvalue weighted by Gasteiger charge is 2.18. The van der Waals surface area contributed by atoms with Crippen molar-refractivity contribution in [1.29, 1.82) is 0 Å². The molecular weight excluding hydrogens is 231 g/mol. The first kappa shape index (κ1) is 12.6. The van der Waals surface area contributed by atoms with E-state index in [1.807, 2.05) is 0 Å². The molecule has 0 atom stereocenters. The molecule has 1 aromatic heterocycles. The lowest BCUT2D eigenvalue weighted by Gasteiger charge is -2.05. The van der Waals surface area contributed by atoms with Crippen LogP contribution >= 0.6 is 0 Å². The number of nitrogen functional groups attached to an aromatic ring is 1. The molecular formula is C14H17FN2O. The van der Waals surface area contributed by atoms with E-state index in [0.717, 1.165) is 18.5 Å². The third kappa shape index (κ3) is 2.53. The molecule has 0 fully saturated rings. The molecule has 0 radical (unpaired) electrons. The zero-order valence-corrected chi connectivity index (χ0v) is 10.6. The molecule has 3 nitrogen and oxygen atoms in total. The summed E-state index contributed by atoms with van der Waals surface area (Å²) in [7, 11) is 0. The second-order valence-electron chi connectivity index (χ2n) is 4.78. The lowest BCUT2D eigenvalue weighted by atomic mass is 9.99. The van der Waals surface area contributed by atoms with Crippen molar-refractivity contribution in [3.8, 4) is 11.1 Å². The number of nitrogens with zero attached hydrogens (tertiary/aromatic N) is 1. The number of hydrogen-bond acceptors (Lipinski definition) is 3. The van der Waals surface area contributed by atoms with Crippen molar-refractivity contribution in [2.45, 2.75) is 26.7 Å². The van der Waals surface area contributed by atoms with Crippen LogP contribution in [0.1, 0.15) is 26.0 Å². The Hall–Kier alpha value is -1.84. The topological polar surface area (TPSA) is 52.0 Å². The zero-order chi connectivity index (χ0) is 13.1. The molecule has 0 amide bonds. The number of halogens is 1. The Labute approximate surface area is 106 Å². The Balaban J connectivity index is 2.38. The second-order valence-corrected chi connectivity index (χ2v) is 4.78. The van der Waals surface area contributed by atoms with Gasteiger partial charge in [-0.25, -0.2) is 4.39 Å². The Morgan fingerprint density at radius 3 is 2.72 bits per heavy atom. The summed E-state index contributed by atoms with van der Waals surface area (Å²) in [6.45, 7) is 4.26. The van der Waals surface area contributed by atoms with Gasteiger partial charge in [-0.2, -0.15) is 0 Å². The highest BCUT2D eigenvalue weighted by molar-refractivity contribution is 5.75. The average Bonchev–Trinajstić information content (AvgIpc) is 2.69. The van der Waals surface area contributed by atoms with Gasteiger partial charge in [-0.3, -0.25) is 0 Å². The second kappa shape index (κ2) is 5.21. The van der Waals surface area contributed by atoms with Crippen LogP contribution in [0.2, 0.25) is 0 Å². The molecule has 0 spiro atoms. The maximum absolute atomic E-state index is 13.8.